The van der Waals surface area contributed by atoms with Crippen LogP contribution in [0.2, 0.25) is 19.6 Å². The number of amides is 1. The standard InChI is InChI=1S/C12H17NO3Si/c1-17(2,3)16-10-6-4-9(5-7-10)11-8-15-12(14)13-11/h4-7,11H,8H2,1-3H3,(H,13,14)/t11-/m1/s1. The lowest BCUT2D eigenvalue weighted by atomic mass is 10.1. The molecule has 1 fully saturated rings. The quantitative estimate of drug-likeness (QED) is 0.840. The molecule has 2 rings (SSSR count). The van der Waals surface area contributed by atoms with Crippen molar-refractivity contribution in [2.45, 2.75) is 25.7 Å². The monoisotopic (exact) mass is 251 g/mol. The summed E-state index contributed by atoms with van der Waals surface area (Å²) in [5, 5.41) is 2.74. The Balaban J connectivity index is 2.05. The van der Waals surface area contributed by atoms with Gasteiger partial charge in [-0.1, -0.05) is 12.1 Å². The Morgan fingerprint density at radius 3 is 2.41 bits per heavy atom. The second-order valence-electron chi connectivity index (χ2n) is 5.08. The maximum Gasteiger partial charge on any atom is 0.407 e. The lowest BCUT2D eigenvalue weighted by Gasteiger charge is -2.19. The first kappa shape index (κ1) is 12.0. The van der Waals surface area contributed by atoms with Gasteiger partial charge in [0.15, 0.2) is 0 Å². The van der Waals surface area contributed by atoms with E-state index in [4.69, 9.17) is 9.16 Å². The average Bonchev–Trinajstić information content (AvgIpc) is 2.63. The molecule has 1 aliphatic heterocycles. The van der Waals surface area contributed by atoms with Gasteiger partial charge in [0, 0.05) is 0 Å². The van der Waals surface area contributed by atoms with Crippen molar-refractivity contribution in [3.63, 3.8) is 0 Å². The van der Waals surface area contributed by atoms with Gasteiger partial charge in [0.2, 0.25) is 8.32 Å². The molecule has 0 unspecified atom stereocenters. The van der Waals surface area contributed by atoms with Crippen molar-refractivity contribution in [1.82, 2.24) is 5.32 Å². The number of nitrogens with one attached hydrogen (secondary N) is 1. The summed E-state index contributed by atoms with van der Waals surface area (Å²) < 4.78 is 10.7. The maximum absolute atomic E-state index is 10.9. The van der Waals surface area contributed by atoms with Gasteiger partial charge in [0.25, 0.3) is 0 Å². The van der Waals surface area contributed by atoms with E-state index in [1.165, 1.54) is 0 Å². The van der Waals surface area contributed by atoms with Crippen LogP contribution in [0.3, 0.4) is 0 Å². The largest absolute Gasteiger partial charge is 0.544 e. The normalized spacial score (nSPS) is 19.7. The Bertz CT molecular complexity index is 411. The van der Waals surface area contributed by atoms with E-state index in [2.05, 4.69) is 25.0 Å². The highest BCUT2D eigenvalue weighted by Gasteiger charge is 2.23. The highest BCUT2D eigenvalue weighted by Crippen LogP contribution is 2.22. The van der Waals surface area contributed by atoms with Gasteiger partial charge in [0.05, 0.1) is 6.04 Å². The first-order valence-corrected chi connectivity index (χ1v) is 9.07. The van der Waals surface area contributed by atoms with Gasteiger partial charge in [-0.05, 0) is 37.3 Å². The summed E-state index contributed by atoms with van der Waals surface area (Å²) in [5.74, 6) is 0.887. The summed E-state index contributed by atoms with van der Waals surface area (Å²) in [6.45, 7) is 6.83. The van der Waals surface area contributed by atoms with Crippen LogP contribution in [-0.4, -0.2) is 21.0 Å². The Morgan fingerprint density at radius 1 is 1.29 bits per heavy atom. The molecule has 1 aliphatic rings. The van der Waals surface area contributed by atoms with E-state index >= 15 is 0 Å². The SMILES string of the molecule is C[Si](C)(C)Oc1ccc([C@H]2COC(=O)N2)cc1. The van der Waals surface area contributed by atoms with Gasteiger partial charge in [-0.3, -0.25) is 0 Å². The van der Waals surface area contributed by atoms with E-state index < -0.39 is 8.32 Å². The van der Waals surface area contributed by atoms with Gasteiger partial charge in [-0.25, -0.2) is 4.79 Å². The van der Waals surface area contributed by atoms with Crippen molar-refractivity contribution in [3.05, 3.63) is 29.8 Å². The molecule has 1 aromatic rings. The number of benzene rings is 1. The van der Waals surface area contributed by atoms with E-state index in [-0.39, 0.29) is 12.1 Å². The van der Waals surface area contributed by atoms with Crippen LogP contribution in [0.25, 0.3) is 0 Å². The number of rotatable bonds is 3. The lowest BCUT2D eigenvalue weighted by molar-refractivity contribution is 0.177. The van der Waals surface area contributed by atoms with Crippen molar-refractivity contribution < 1.29 is 14.0 Å². The van der Waals surface area contributed by atoms with Crippen LogP contribution in [-0.2, 0) is 4.74 Å². The first-order valence-electron chi connectivity index (χ1n) is 5.66. The molecule has 1 N–H and O–H groups in total. The molecule has 0 radical (unpaired) electrons. The molecule has 1 amide bonds. The smallest absolute Gasteiger partial charge is 0.407 e. The molecule has 1 aromatic carbocycles. The second kappa shape index (κ2) is 4.41. The fourth-order valence-electron chi connectivity index (χ4n) is 1.69. The van der Waals surface area contributed by atoms with E-state index in [0.717, 1.165) is 11.3 Å². The molecule has 0 aromatic heterocycles. The van der Waals surface area contributed by atoms with Crippen molar-refractivity contribution in [3.8, 4) is 5.75 Å². The molecule has 17 heavy (non-hydrogen) atoms. The molecule has 0 aliphatic carbocycles. The molecule has 0 spiro atoms. The van der Waals surface area contributed by atoms with E-state index in [0.29, 0.717) is 6.61 Å². The summed E-state index contributed by atoms with van der Waals surface area (Å²) in [6, 6.07) is 7.78. The van der Waals surface area contributed by atoms with Gasteiger partial charge in [-0.2, -0.15) is 0 Å². The zero-order valence-electron chi connectivity index (χ0n) is 10.3. The fraction of sp³-hybridized carbons (Fsp3) is 0.417. The minimum atomic E-state index is -1.55. The van der Waals surface area contributed by atoms with Crippen molar-refractivity contribution in [1.29, 1.82) is 0 Å². The van der Waals surface area contributed by atoms with Crippen molar-refractivity contribution >= 4 is 14.4 Å². The molecule has 1 atom stereocenters. The number of cyclic esters (lactones) is 1. The van der Waals surface area contributed by atoms with E-state index in [1.807, 2.05) is 24.3 Å². The number of hydrogen-bond acceptors (Lipinski definition) is 3. The summed E-state index contributed by atoms with van der Waals surface area (Å²) in [5.41, 5.74) is 1.04. The minimum absolute atomic E-state index is 0.0385. The van der Waals surface area contributed by atoms with Crippen LogP contribution in [0.1, 0.15) is 11.6 Å². The average molecular weight is 251 g/mol. The van der Waals surface area contributed by atoms with Gasteiger partial charge < -0.3 is 14.5 Å². The van der Waals surface area contributed by atoms with Crippen molar-refractivity contribution in [2.24, 2.45) is 0 Å². The molecule has 0 bridgehead atoms. The summed E-state index contributed by atoms with van der Waals surface area (Å²) in [6.07, 6.45) is -0.350. The van der Waals surface area contributed by atoms with Crippen LogP contribution in [0.5, 0.6) is 5.75 Å². The minimum Gasteiger partial charge on any atom is -0.544 e. The third kappa shape index (κ3) is 3.23. The molecule has 1 heterocycles. The van der Waals surface area contributed by atoms with E-state index in [1.54, 1.807) is 0 Å². The third-order valence-corrected chi connectivity index (χ3v) is 3.23. The van der Waals surface area contributed by atoms with Crippen molar-refractivity contribution in [2.75, 3.05) is 6.61 Å². The van der Waals surface area contributed by atoms with Crippen LogP contribution in [0.4, 0.5) is 4.79 Å². The van der Waals surface area contributed by atoms with E-state index in [9.17, 15) is 4.79 Å². The Kier molecular flexibility index (Phi) is 3.10. The van der Waals surface area contributed by atoms with Crippen LogP contribution >= 0.6 is 0 Å². The highest BCUT2D eigenvalue weighted by atomic mass is 28.4. The molecular weight excluding hydrogens is 234 g/mol. The molecule has 92 valence electrons. The lowest BCUT2D eigenvalue weighted by Crippen LogP contribution is -2.29. The number of carbonyl (C=O) groups excluding carboxylic acids is 1. The predicted molar refractivity (Wildman–Crippen MR) is 67.6 cm³/mol. The number of hydrogen-bond donors (Lipinski definition) is 1. The third-order valence-electron chi connectivity index (χ3n) is 2.38. The van der Waals surface area contributed by atoms with Crippen LogP contribution in [0, 0.1) is 0 Å². The number of alkyl carbamates (subject to hydrolysis) is 1. The Hall–Kier alpha value is -1.49. The Labute approximate surface area is 102 Å². The van der Waals surface area contributed by atoms with Crippen LogP contribution < -0.4 is 9.74 Å². The van der Waals surface area contributed by atoms with Gasteiger partial charge in [-0.15, -0.1) is 0 Å². The molecular formula is C12H17NO3Si. The molecule has 0 saturated carbocycles. The maximum atomic E-state index is 10.9. The number of ether oxygens (including phenoxy) is 1. The summed E-state index contributed by atoms with van der Waals surface area (Å²) in [4.78, 5) is 10.9. The molecule has 4 nitrogen and oxygen atoms in total. The summed E-state index contributed by atoms with van der Waals surface area (Å²) in [7, 11) is -1.55. The number of carbonyl (C=O) groups is 1. The van der Waals surface area contributed by atoms with Crippen LogP contribution in [0.15, 0.2) is 24.3 Å². The fourth-order valence-corrected chi connectivity index (χ4v) is 2.53. The first-order chi connectivity index (χ1) is 7.94. The zero-order valence-corrected chi connectivity index (χ0v) is 11.3. The van der Waals surface area contributed by atoms with Gasteiger partial charge >= 0.3 is 6.09 Å². The predicted octanol–water partition coefficient (Wildman–Crippen LogP) is 2.68. The Morgan fingerprint density at radius 2 is 1.94 bits per heavy atom. The zero-order chi connectivity index (χ0) is 12.5. The molecule has 1 saturated heterocycles. The van der Waals surface area contributed by atoms with Gasteiger partial charge in [0.1, 0.15) is 12.4 Å². The summed E-state index contributed by atoms with van der Waals surface area (Å²) >= 11 is 0. The topological polar surface area (TPSA) is 47.6 Å². The second-order valence-corrected chi connectivity index (χ2v) is 9.51. The highest BCUT2D eigenvalue weighted by molar-refractivity contribution is 6.70. The molecule has 5 heteroatoms.